The number of ether oxygens (including phenoxy) is 2. The number of hydrogen-bond donors (Lipinski definition) is 0. The van der Waals surface area contributed by atoms with Crippen molar-refractivity contribution in [3.8, 4) is 11.1 Å². The summed E-state index contributed by atoms with van der Waals surface area (Å²) in [4.78, 5) is 26.9. The van der Waals surface area contributed by atoms with Gasteiger partial charge in [-0.25, -0.2) is 4.79 Å². The molecule has 0 N–H and O–H groups in total. The van der Waals surface area contributed by atoms with Gasteiger partial charge in [-0.05, 0) is 50.8 Å². The summed E-state index contributed by atoms with van der Waals surface area (Å²) in [6, 6.07) is 18.6. The number of carbonyl (C=O) groups is 2. The molecule has 5 nitrogen and oxygen atoms in total. The smallest absolute Gasteiger partial charge is 0.410 e. The molecule has 2 atom stereocenters. The van der Waals surface area contributed by atoms with Gasteiger partial charge in [0.05, 0.1) is 12.5 Å². The van der Waals surface area contributed by atoms with Crippen LogP contribution < -0.4 is 0 Å². The monoisotopic (exact) mass is 409 g/mol. The molecular formula is C25H31NO4. The van der Waals surface area contributed by atoms with Crippen LogP contribution in [0.3, 0.4) is 0 Å². The molecule has 1 fully saturated rings. The molecule has 5 heteroatoms. The van der Waals surface area contributed by atoms with E-state index < -0.39 is 11.5 Å². The molecule has 0 bridgehead atoms. The average molecular weight is 410 g/mol. The number of rotatable bonds is 4. The van der Waals surface area contributed by atoms with Crippen LogP contribution in [-0.4, -0.2) is 42.3 Å². The molecule has 3 rings (SSSR count). The van der Waals surface area contributed by atoms with Crippen LogP contribution in [0.15, 0.2) is 54.6 Å². The Labute approximate surface area is 179 Å². The fourth-order valence-electron chi connectivity index (χ4n) is 3.88. The Morgan fingerprint density at radius 2 is 1.63 bits per heavy atom. The van der Waals surface area contributed by atoms with Gasteiger partial charge in [0.15, 0.2) is 0 Å². The maximum Gasteiger partial charge on any atom is 0.410 e. The highest BCUT2D eigenvalue weighted by molar-refractivity contribution is 5.76. The predicted molar refractivity (Wildman–Crippen MR) is 117 cm³/mol. The van der Waals surface area contributed by atoms with Gasteiger partial charge < -0.3 is 14.4 Å². The van der Waals surface area contributed by atoms with Gasteiger partial charge in [-0.1, -0.05) is 54.6 Å². The summed E-state index contributed by atoms with van der Waals surface area (Å²) in [5.74, 6) is -0.663. The Kier molecular flexibility index (Phi) is 6.80. The highest BCUT2D eigenvalue weighted by Gasteiger charge is 2.39. The van der Waals surface area contributed by atoms with E-state index in [1.54, 1.807) is 11.8 Å². The Balaban J connectivity index is 1.79. The summed E-state index contributed by atoms with van der Waals surface area (Å²) in [6.45, 7) is 8.50. The van der Waals surface area contributed by atoms with E-state index in [-0.39, 0.29) is 18.0 Å². The summed E-state index contributed by atoms with van der Waals surface area (Å²) in [5, 5.41) is 0. The van der Waals surface area contributed by atoms with Crippen molar-refractivity contribution >= 4 is 12.1 Å². The Morgan fingerprint density at radius 3 is 2.23 bits per heavy atom. The number of benzene rings is 2. The normalized spacial score (nSPS) is 19.3. The second-order valence-corrected chi connectivity index (χ2v) is 8.67. The first-order valence-corrected chi connectivity index (χ1v) is 10.6. The van der Waals surface area contributed by atoms with E-state index in [9.17, 15) is 9.59 Å². The highest BCUT2D eigenvalue weighted by Crippen LogP contribution is 2.35. The molecule has 1 saturated heterocycles. The Morgan fingerprint density at radius 1 is 1.00 bits per heavy atom. The third-order valence-electron chi connectivity index (χ3n) is 5.30. The quantitative estimate of drug-likeness (QED) is 0.647. The van der Waals surface area contributed by atoms with Crippen molar-refractivity contribution in [1.29, 1.82) is 0 Å². The van der Waals surface area contributed by atoms with Gasteiger partial charge in [-0.15, -0.1) is 0 Å². The Hall–Kier alpha value is -2.82. The summed E-state index contributed by atoms with van der Waals surface area (Å²) < 4.78 is 10.8. The molecule has 30 heavy (non-hydrogen) atoms. The minimum absolute atomic E-state index is 0.00700. The molecule has 1 heterocycles. The van der Waals surface area contributed by atoms with Gasteiger partial charge in [-0.2, -0.15) is 0 Å². The summed E-state index contributed by atoms with van der Waals surface area (Å²) >= 11 is 0. The first-order chi connectivity index (χ1) is 14.3. The molecule has 160 valence electrons. The zero-order valence-electron chi connectivity index (χ0n) is 18.3. The van der Waals surface area contributed by atoms with Crippen molar-refractivity contribution in [2.45, 2.75) is 45.6 Å². The zero-order chi connectivity index (χ0) is 21.7. The molecule has 1 aliphatic rings. The average Bonchev–Trinajstić information content (AvgIpc) is 2.73. The van der Waals surface area contributed by atoms with E-state index in [1.165, 1.54) is 0 Å². The number of piperidine rings is 1. The molecule has 1 amide bonds. The number of carbonyl (C=O) groups excluding carboxylic acids is 2. The third kappa shape index (κ3) is 5.41. The van der Waals surface area contributed by atoms with Gasteiger partial charge in [0.1, 0.15) is 5.60 Å². The van der Waals surface area contributed by atoms with Gasteiger partial charge in [0, 0.05) is 19.0 Å². The van der Waals surface area contributed by atoms with E-state index in [0.717, 1.165) is 16.7 Å². The van der Waals surface area contributed by atoms with Crippen LogP contribution in [0.1, 0.15) is 45.6 Å². The minimum Gasteiger partial charge on any atom is -0.466 e. The van der Waals surface area contributed by atoms with Gasteiger partial charge in [0.25, 0.3) is 0 Å². The molecule has 1 aliphatic heterocycles. The van der Waals surface area contributed by atoms with Crippen LogP contribution in [-0.2, 0) is 14.3 Å². The molecular weight excluding hydrogens is 378 g/mol. The molecule has 0 spiro atoms. The van der Waals surface area contributed by atoms with Crippen LogP contribution in [0, 0.1) is 5.92 Å². The first-order valence-electron chi connectivity index (χ1n) is 10.6. The molecule has 0 radical (unpaired) electrons. The van der Waals surface area contributed by atoms with E-state index in [0.29, 0.717) is 26.1 Å². The summed E-state index contributed by atoms with van der Waals surface area (Å²) in [5.41, 5.74) is 2.82. The van der Waals surface area contributed by atoms with E-state index in [1.807, 2.05) is 39.0 Å². The lowest BCUT2D eigenvalue weighted by atomic mass is 9.80. The van der Waals surface area contributed by atoms with Crippen LogP contribution in [0.5, 0.6) is 0 Å². The lowest BCUT2D eigenvalue weighted by molar-refractivity contribution is -0.150. The van der Waals surface area contributed by atoms with Crippen molar-refractivity contribution in [3.05, 3.63) is 60.2 Å². The number of nitrogens with zero attached hydrogens (tertiary/aromatic N) is 1. The van der Waals surface area contributed by atoms with Gasteiger partial charge >= 0.3 is 12.1 Å². The van der Waals surface area contributed by atoms with Gasteiger partial charge in [-0.3, -0.25) is 4.79 Å². The Bertz CT molecular complexity index is 855. The number of likely N-dealkylation sites (tertiary alicyclic amines) is 1. The van der Waals surface area contributed by atoms with Crippen LogP contribution in [0.25, 0.3) is 11.1 Å². The van der Waals surface area contributed by atoms with E-state index in [4.69, 9.17) is 9.47 Å². The maximum atomic E-state index is 12.7. The van der Waals surface area contributed by atoms with Crippen molar-refractivity contribution in [2.24, 2.45) is 5.92 Å². The minimum atomic E-state index is -0.569. The standard InChI is InChI=1S/C25H31NO4/c1-5-29-23(27)22-17-26(24(28)30-25(2,3)4)16-15-21(22)20-13-11-19(12-14-20)18-9-7-6-8-10-18/h6-14,21-22H,5,15-17H2,1-4H3/t21-,22-/m1/s1. The van der Waals surface area contributed by atoms with Crippen LogP contribution in [0.2, 0.25) is 0 Å². The van der Waals surface area contributed by atoms with Crippen molar-refractivity contribution in [2.75, 3.05) is 19.7 Å². The van der Waals surface area contributed by atoms with Crippen molar-refractivity contribution < 1.29 is 19.1 Å². The fraction of sp³-hybridized carbons (Fsp3) is 0.440. The van der Waals surface area contributed by atoms with Crippen LogP contribution >= 0.6 is 0 Å². The SMILES string of the molecule is CCOC(=O)[C@@H]1CN(C(=O)OC(C)(C)C)CC[C@@H]1c1ccc(-c2ccccc2)cc1. The van der Waals surface area contributed by atoms with E-state index in [2.05, 4.69) is 36.4 Å². The van der Waals surface area contributed by atoms with Crippen molar-refractivity contribution in [1.82, 2.24) is 4.90 Å². The molecule has 2 aromatic rings. The van der Waals surface area contributed by atoms with Crippen molar-refractivity contribution in [3.63, 3.8) is 0 Å². The molecule has 0 saturated carbocycles. The maximum absolute atomic E-state index is 12.7. The second-order valence-electron chi connectivity index (χ2n) is 8.67. The molecule has 0 aromatic heterocycles. The summed E-state index contributed by atoms with van der Waals surface area (Å²) in [6.07, 6.45) is 0.308. The first kappa shape index (κ1) is 21.9. The number of amides is 1. The molecule has 0 aliphatic carbocycles. The third-order valence-corrected chi connectivity index (χ3v) is 5.30. The van der Waals surface area contributed by atoms with Gasteiger partial charge in [0.2, 0.25) is 0 Å². The summed E-state index contributed by atoms with van der Waals surface area (Å²) in [7, 11) is 0. The lowest BCUT2D eigenvalue weighted by Crippen LogP contribution is -2.47. The largest absolute Gasteiger partial charge is 0.466 e. The fourth-order valence-corrected chi connectivity index (χ4v) is 3.88. The number of hydrogen-bond acceptors (Lipinski definition) is 4. The topological polar surface area (TPSA) is 55.8 Å². The lowest BCUT2D eigenvalue weighted by Gasteiger charge is -2.38. The molecule has 0 unspecified atom stereocenters. The zero-order valence-corrected chi connectivity index (χ0v) is 18.3. The molecule has 2 aromatic carbocycles. The second kappa shape index (κ2) is 9.33. The highest BCUT2D eigenvalue weighted by atomic mass is 16.6. The van der Waals surface area contributed by atoms with E-state index >= 15 is 0 Å². The predicted octanol–water partition coefficient (Wildman–Crippen LogP) is 5.26. The van der Waals surface area contributed by atoms with Crippen LogP contribution in [0.4, 0.5) is 4.79 Å². The number of esters is 1.